The number of nitrogens with zero attached hydrogens (tertiary/aromatic N) is 1. The molecule has 1 amide bonds. The monoisotopic (exact) mass is 335 g/mol. The standard InChI is InChI=1S/C18H25NO5/c1-12(2)7-17(20)19(9-13(3)18(21)22-4)10-14-5-6-15-16(8-14)24-11-23-15/h5-6,8,12-13H,7,9-11H2,1-4H3. The van der Waals surface area contributed by atoms with Crippen molar-refractivity contribution in [3.63, 3.8) is 0 Å². The lowest BCUT2D eigenvalue weighted by atomic mass is 10.1. The molecule has 1 aliphatic rings. The summed E-state index contributed by atoms with van der Waals surface area (Å²) >= 11 is 0. The van der Waals surface area contributed by atoms with Crippen LogP contribution in [0.5, 0.6) is 11.5 Å². The Morgan fingerprint density at radius 2 is 1.92 bits per heavy atom. The smallest absolute Gasteiger partial charge is 0.310 e. The molecule has 1 unspecified atom stereocenters. The van der Waals surface area contributed by atoms with Gasteiger partial charge in [-0.15, -0.1) is 0 Å². The minimum atomic E-state index is -0.375. The van der Waals surface area contributed by atoms with Gasteiger partial charge in [0.25, 0.3) is 0 Å². The Balaban J connectivity index is 2.12. The second-order valence-corrected chi connectivity index (χ2v) is 6.48. The third-order valence-electron chi connectivity index (χ3n) is 3.84. The first-order chi connectivity index (χ1) is 11.4. The van der Waals surface area contributed by atoms with E-state index in [-0.39, 0.29) is 30.5 Å². The number of esters is 1. The zero-order chi connectivity index (χ0) is 17.7. The first kappa shape index (κ1) is 18.1. The van der Waals surface area contributed by atoms with Crippen molar-refractivity contribution < 1.29 is 23.8 Å². The summed E-state index contributed by atoms with van der Waals surface area (Å²) in [6, 6.07) is 5.62. The third-order valence-corrected chi connectivity index (χ3v) is 3.84. The molecule has 24 heavy (non-hydrogen) atoms. The molecule has 0 bridgehead atoms. The molecular formula is C18H25NO5. The lowest BCUT2D eigenvalue weighted by Crippen LogP contribution is -2.37. The van der Waals surface area contributed by atoms with Crippen LogP contribution in [0.4, 0.5) is 0 Å². The molecule has 132 valence electrons. The summed E-state index contributed by atoms with van der Waals surface area (Å²) in [5, 5.41) is 0. The van der Waals surface area contributed by atoms with E-state index in [1.807, 2.05) is 32.0 Å². The van der Waals surface area contributed by atoms with Crippen LogP contribution >= 0.6 is 0 Å². The summed E-state index contributed by atoms with van der Waals surface area (Å²) in [4.78, 5) is 26.0. The van der Waals surface area contributed by atoms with Crippen LogP contribution < -0.4 is 9.47 Å². The normalized spacial score (nSPS) is 13.7. The van der Waals surface area contributed by atoms with Crippen molar-refractivity contribution in [2.45, 2.75) is 33.7 Å². The molecule has 0 aromatic heterocycles. The van der Waals surface area contributed by atoms with Gasteiger partial charge in [-0.1, -0.05) is 26.8 Å². The van der Waals surface area contributed by atoms with Gasteiger partial charge in [0.1, 0.15) is 0 Å². The quantitative estimate of drug-likeness (QED) is 0.717. The number of benzene rings is 1. The van der Waals surface area contributed by atoms with Crippen LogP contribution in [0.2, 0.25) is 0 Å². The molecule has 2 rings (SSSR count). The fourth-order valence-corrected chi connectivity index (χ4v) is 2.60. The van der Waals surface area contributed by atoms with Gasteiger partial charge in [-0.3, -0.25) is 9.59 Å². The van der Waals surface area contributed by atoms with Crippen LogP contribution in [-0.2, 0) is 20.9 Å². The zero-order valence-electron chi connectivity index (χ0n) is 14.7. The predicted octanol–water partition coefficient (Wildman–Crippen LogP) is 2.60. The summed E-state index contributed by atoms with van der Waals surface area (Å²) in [6.07, 6.45) is 0.443. The average molecular weight is 335 g/mol. The second kappa shape index (κ2) is 8.04. The second-order valence-electron chi connectivity index (χ2n) is 6.48. The van der Waals surface area contributed by atoms with Gasteiger partial charge in [0.05, 0.1) is 13.0 Å². The predicted molar refractivity (Wildman–Crippen MR) is 88.6 cm³/mol. The van der Waals surface area contributed by atoms with E-state index in [2.05, 4.69) is 0 Å². The summed E-state index contributed by atoms with van der Waals surface area (Å²) in [6.45, 7) is 6.73. The molecule has 0 N–H and O–H groups in total. The van der Waals surface area contributed by atoms with E-state index in [0.717, 1.165) is 5.56 Å². The van der Waals surface area contributed by atoms with E-state index in [1.165, 1.54) is 7.11 Å². The molecule has 0 fully saturated rings. The minimum absolute atomic E-state index is 0.0263. The number of carbonyl (C=O) groups excluding carboxylic acids is 2. The molecule has 6 heteroatoms. The SMILES string of the molecule is COC(=O)C(C)CN(Cc1ccc2c(c1)OCO2)C(=O)CC(C)C. The molecule has 1 aromatic rings. The molecule has 0 saturated heterocycles. The Morgan fingerprint density at radius 3 is 2.58 bits per heavy atom. The van der Waals surface area contributed by atoms with Crippen LogP contribution in [0.15, 0.2) is 18.2 Å². The zero-order valence-corrected chi connectivity index (χ0v) is 14.7. The van der Waals surface area contributed by atoms with Gasteiger partial charge in [0.15, 0.2) is 11.5 Å². The van der Waals surface area contributed by atoms with Gasteiger partial charge in [0, 0.05) is 19.5 Å². The Labute approximate surface area is 142 Å². The maximum Gasteiger partial charge on any atom is 0.310 e. The number of methoxy groups -OCH3 is 1. The first-order valence-corrected chi connectivity index (χ1v) is 8.14. The number of hydrogen-bond donors (Lipinski definition) is 0. The minimum Gasteiger partial charge on any atom is -0.469 e. The van der Waals surface area contributed by atoms with E-state index in [9.17, 15) is 9.59 Å². The highest BCUT2D eigenvalue weighted by Crippen LogP contribution is 2.33. The average Bonchev–Trinajstić information content (AvgIpc) is 3.00. The van der Waals surface area contributed by atoms with E-state index in [1.54, 1.807) is 11.8 Å². The number of fused-ring (bicyclic) bond motifs is 1. The van der Waals surface area contributed by atoms with Crippen molar-refractivity contribution in [2.24, 2.45) is 11.8 Å². The van der Waals surface area contributed by atoms with Crippen molar-refractivity contribution in [3.05, 3.63) is 23.8 Å². The van der Waals surface area contributed by atoms with Crippen molar-refractivity contribution in [1.82, 2.24) is 4.90 Å². The maximum absolute atomic E-state index is 12.6. The number of carbonyl (C=O) groups is 2. The molecule has 0 radical (unpaired) electrons. The van der Waals surface area contributed by atoms with Gasteiger partial charge >= 0.3 is 5.97 Å². The highest BCUT2D eigenvalue weighted by Gasteiger charge is 2.23. The Hall–Kier alpha value is -2.24. The number of amides is 1. The molecule has 0 saturated carbocycles. The lowest BCUT2D eigenvalue weighted by molar-refractivity contribution is -0.146. The topological polar surface area (TPSA) is 65.1 Å². The van der Waals surface area contributed by atoms with Crippen LogP contribution in [0, 0.1) is 11.8 Å². The molecule has 1 aliphatic heterocycles. The van der Waals surface area contributed by atoms with Gasteiger partial charge in [-0.2, -0.15) is 0 Å². The Kier molecular flexibility index (Phi) is 6.06. The lowest BCUT2D eigenvalue weighted by Gasteiger charge is -2.26. The van der Waals surface area contributed by atoms with E-state index >= 15 is 0 Å². The number of hydrogen-bond acceptors (Lipinski definition) is 5. The maximum atomic E-state index is 12.6. The molecule has 6 nitrogen and oxygen atoms in total. The highest BCUT2D eigenvalue weighted by atomic mass is 16.7. The van der Waals surface area contributed by atoms with Crippen molar-refractivity contribution in [1.29, 1.82) is 0 Å². The molecular weight excluding hydrogens is 310 g/mol. The molecule has 0 spiro atoms. The fourth-order valence-electron chi connectivity index (χ4n) is 2.60. The number of ether oxygens (including phenoxy) is 3. The third kappa shape index (κ3) is 4.63. The molecule has 1 atom stereocenters. The summed E-state index contributed by atoms with van der Waals surface area (Å²) in [7, 11) is 1.36. The highest BCUT2D eigenvalue weighted by molar-refractivity contribution is 5.78. The molecule has 0 aliphatic carbocycles. The van der Waals surface area contributed by atoms with E-state index in [0.29, 0.717) is 31.0 Å². The van der Waals surface area contributed by atoms with E-state index < -0.39 is 0 Å². The van der Waals surface area contributed by atoms with Crippen molar-refractivity contribution in [2.75, 3.05) is 20.4 Å². The summed E-state index contributed by atoms with van der Waals surface area (Å²) in [5.41, 5.74) is 0.938. The van der Waals surface area contributed by atoms with Gasteiger partial charge in [-0.05, 0) is 23.6 Å². The fraction of sp³-hybridized carbons (Fsp3) is 0.556. The van der Waals surface area contributed by atoms with Crippen LogP contribution in [0.3, 0.4) is 0 Å². The van der Waals surface area contributed by atoms with Crippen LogP contribution in [0.25, 0.3) is 0 Å². The Bertz CT molecular complexity index is 599. The largest absolute Gasteiger partial charge is 0.469 e. The van der Waals surface area contributed by atoms with Gasteiger partial charge < -0.3 is 19.1 Å². The summed E-state index contributed by atoms with van der Waals surface area (Å²) < 4.78 is 15.5. The van der Waals surface area contributed by atoms with Crippen LogP contribution in [-0.4, -0.2) is 37.2 Å². The summed E-state index contributed by atoms with van der Waals surface area (Å²) in [5.74, 6) is 0.985. The van der Waals surface area contributed by atoms with Crippen molar-refractivity contribution >= 4 is 11.9 Å². The number of rotatable bonds is 7. The van der Waals surface area contributed by atoms with Gasteiger partial charge in [-0.25, -0.2) is 0 Å². The van der Waals surface area contributed by atoms with Gasteiger partial charge in [0.2, 0.25) is 12.7 Å². The molecule has 1 aromatic carbocycles. The first-order valence-electron chi connectivity index (χ1n) is 8.14. The van der Waals surface area contributed by atoms with Crippen LogP contribution in [0.1, 0.15) is 32.8 Å². The Morgan fingerprint density at radius 1 is 1.21 bits per heavy atom. The molecule has 1 heterocycles. The van der Waals surface area contributed by atoms with Crippen molar-refractivity contribution in [3.8, 4) is 11.5 Å². The van der Waals surface area contributed by atoms with E-state index in [4.69, 9.17) is 14.2 Å².